The number of carboxylic acids is 1. The van der Waals surface area contributed by atoms with Crippen LogP contribution in [-0.2, 0) is 0 Å². The molecule has 0 aliphatic rings. The Bertz CT molecular complexity index is 722. The molecule has 0 aliphatic heterocycles. The van der Waals surface area contributed by atoms with Crippen LogP contribution in [0.5, 0.6) is 5.75 Å². The molecular weight excluding hydrogens is 282 g/mol. The largest absolute Gasteiger partial charge is 0.496 e. The first-order valence-corrected chi connectivity index (χ1v) is 6.68. The average molecular weight is 299 g/mol. The second-order valence-electron chi connectivity index (χ2n) is 4.96. The predicted molar refractivity (Wildman–Crippen MR) is 84.2 cm³/mol. The van der Waals surface area contributed by atoms with Crippen LogP contribution in [0.2, 0.25) is 0 Å². The second-order valence-corrected chi connectivity index (χ2v) is 4.96. The van der Waals surface area contributed by atoms with Gasteiger partial charge in [-0.15, -0.1) is 0 Å². The zero-order valence-electron chi connectivity index (χ0n) is 12.7. The van der Waals surface area contributed by atoms with E-state index in [1.165, 1.54) is 19.2 Å². The predicted octanol–water partition coefficient (Wildman–Crippen LogP) is 2.69. The van der Waals surface area contributed by atoms with E-state index < -0.39 is 5.97 Å². The van der Waals surface area contributed by atoms with Crippen LogP contribution in [0.1, 0.15) is 26.3 Å². The number of ether oxygens (including phenoxy) is 1. The molecule has 0 radical (unpaired) electrons. The van der Waals surface area contributed by atoms with Gasteiger partial charge in [-0.1, -0.05) is 18.2 Å². The van der Waals surface area contributed by atoms with Gasteiger partial charge < -0.3 is 14.7 Å². The van der Waals surface area contributed by atoms with Crippen molar-refractivity contribution in [3.63, 3.8) is 0 Å². The van der Waals surface area contributed by atoms with Crippen molar-refractivity contribution in [2.24, 2.45) is 0 Å². The summed E-state index contributed by atoms with van der Waals surface area (Å²) < 4.78 is 5.28. The molecule has 2 rings (SSSR count). The van der Waals surface area contributed by atoms with Gasteiger partial charge in [0.1, 0.15) is 5.75 Å². The normalized spacial score (nSPS) is 10.1. The lowest BCUT2D eigenvalue weighted by atomic mass is 9.97. The van der Waals surface area contributed by atoms with Crippen molar-refractivity contribution >= 4 is 17.4 Å². The highest BCUT2D eigenvalue weighted by Crippen LogP contribution is 2.27. The second kappa shape index (κ2) is 6.30. The first-order valence-electron chi connectivity index (χ1n) is 6.68. The molecule has 0 spiro atoms. The van der Waals surface area contributed by atoms with Crippen LogP contribution in [0.25, 0.3) is 0 Å². The summed E-state index contributed by atoms with van der Waals surface area (Å²) in [5.74, 6) is -1.09. The Morgan fingerprint density at radius 3 is 2.18 bits per heavy atom. The van der Waals surface area contributed by atoms with E-state index in [1.54, 1.807) is 30.3 Å². The number of nitrogens with zero attached hydrogens (tertiary/aromatic N) is 1. The van der Waals surface area contributed by atoms with E-state index in [0.29, 0.717) is 11.3 Å². The number of carbonyl (C=O) groups excluding carboxylic acids is 1. The van der Waals surface area contributed by atoms with Crippen LogP contribution in [0.3, 0.4) is 0 Å². The number of benzene rings is 2. The maximum Gasteiger partial charge on any atom is 0.336 e. The van der Waals surface area contributed by atoms with Crippen molar-refractivity contribution in [1.82, 2.24) is 0 Å². The van der Waals surface area contributed by atoms with Gasteiger partial charge in [0, 0.05) is 31.4 Å². The van der Waals surface area contributed by atoms with Crippen molar-refractivity contribution < 1.29 is 19.4 Å². The zero-order chi connectivity index (χ0) is 16.3. The minimum absolute atomic E-state index is 0.0220. The summed E-state index contributed by atoms with van der Waals surface area (Å²) in [6.45, 7) is 0. The van der Waals surface area contributed by atoms with E-state index in [2.05, 4.69) is 0 Å². The van der Waals surface area contributed by atoms with Crippen molar-refractivity contribution in [3.8, 4) is 5.75 Å². The van der Waals surface area contributed by atoms with E-state index in [4.69, 9.17) is 4.74 Å². The van der Waals surface area contributed by atoms with E-state index in [9.17, 15) is 14.7 Å². The zero-order valence-corrected chi connectivity index (χ0v) is 12.7. The molecule has 2 aromatic carbocycles. The molecule has 0 aromatic heterocycles. The summed E-state index contributed by atoms with van der Waals surface area (Å²) in [5.41, 5.74) is 1.35. The standard InChI is InChI=1S/C17H17NO4/c1-18(2)11-8-9-14(15(10-11)22-3)16(19)12-6-4-5-7-13(12)17(20)21/h4-10H,1-3H3,(H,20,21). The van der Waals surface area contributed by atoms with Gasteiger partial charge in [-0.05, 0) is 18.2 Å². The summed E-state index contributed by atoms with van der Waals surface area (Å²) in [5, 5.41) is 9.21. The topological polar surface area (TPSA) is 66.8 Å². The summed E-state index contributed by atoms with van der Waals surface area (Å²) >= 11 is 0. The number of hydrogen-bond acceptors (Lipinski definition) is 4. The highest BCUT2D eigenvalue weighted by Gasteiger charge is 2.20. The molecule has 0 heterocycles. The van der Waals surface area contributed by atoms with Crippen LogP contribution in [-0.4, -0.2) is 38.1 Å². The Morgan fingerprint density at radius 1 is 1.00 bits per heavy atom. The molecule has 0 unspecified atom stereocenters. The summed E-state index contributed by atoms with van der Waals surface area (Å²) in [4.78, 5) is 25.8. The molecule has 0 saturated heterocycles. The quantitative estimate of drug-likeness (QED) is 0.860. The Morgan fingerprint density at radius 2 is 1.64 bits per heavy atom. The molecule has 5 nitrogen and oxygen atoms in total. The first-order chi connectivity index (χ1) is 10.5. The van der Waals surface area contributed by atoms with Crippen LogP contribution in [0.15, 0.2) is 42.5 Å². The fraction of sp³-hybridized carbons (Fsp3) is 0.176. The Hall–Kier alpha value is -2.82. The maximum absolute atomic E-state index is 12.7. The Balaban J connectivity index is 2.53. The third kappa shape index (κ3) is 2.93. The minimum atomic E-state index is -1.13. The molecule has 0 atom stereocenters. The SMILES string of the molecule is COc1cc(N(C)C)ccc1C(=O)c1ccccc1C(=O)O. The van der Waals surface area contributed by atoms with Crippen molar-refractivity contribution in [2.75, 3.05) is 26.1 Å². The molecule has 114 valence electrons. The van der Waals surface area contributed by atoms with Crippen molar-refractivity contribution in [3.05, 3.63) is 59.2 Å². The fourth-order valence-corrected chi connectivity index (χ4v) is 2.16. The third-order valence-electron chi connectivity index (χ3n) is 3.35. The number of carboxylic acid groups (broad SMARTS) is 1. The number of ketones is 1. The van der Waals surface area contributed by atoms with E-state index in [1.807, 2.05) is 19.0 Å². The number of methoxy groups -OCH3 is 1. The lowest BCUT2D eigenvalue weighted by Crippen LogP contribution is -2.12. The molecule has 0 bridgehead atoms. The molecule has 22 heavy (non-hydrogen) atoms. The van der Waals surface area contributed by atoms with Gasteiger partial charge in [0.15, 0.2) is 5.78 Å². The number of hydrogen-bond donors (Lipinski definition) is 1. The molecule has 2 aromatic rings. The minimum Gasteiger partial charge on any atom is -0.496 e. The maximum atomic E-state index is 12.7. The third-order valence-corrected chi connectivity index (χ3v) is 3.35. The molecule has 1 N–H and O–H groups in total. The molecule has 0 saturated carbocycles. The number of carbonyl (C=O) groups is 2. The van der Waals surface area contributed by atoms with Gasteiger partial charge in [0.25, 0.3) is 0 Å². The monoisotopic (exact) mass is 299 g/mol. The smallest absolute Gasteiger partial charge is 0.336 e. The molecule has 0 aliphatic carbocycles. The molecular formula is C17H17NO4. The summed E-state index contributed by atoms with van der Waals surface area (Å²) in [6.07, 6.45) is 0. The number of rotatable bonds is 5. The van der Waals surface area contributed by atoms with Gasteiger partial charge in [-0.2, -0.15) is 0 Å². The molecule has 0 fully saturated rings. The first kappa shape index (κ1) is 15.6. The number of anilines is 1. The lowest BCUT2D eigenvalue weighted by Gasteiger charge is -2.16. The molecule has 5 heteroatoms. The van der Waals surface area contributed by atoms with E-state index in [0.717, 1.165) is 5.69 Å². The highest BCUT2D eigenvalue weighted by molar-refractivity contribution is 6.15. The number of aromatic carboxylic acids is 1. The summed E-state index contributed by atoms with van der Waals surface area (Å²) in [7, 11) is 5.25. The van der Waals surface area contributed by atoms with Gasteiger partial charge in [0.2, 0.25) is 0 Å². The van der Waals surface area contributed by atoms with Gasteiger partial charge in [-0.25, -0.2) is 4.79 Å². The van der Waals surface area contributed by atoms with E-state index in [-0.39, 0.29) is 16.9 Å². The van der Waals surface area contributed by atoms with Crippen molar-refractivity contribution in [2.45, 2.75) is 0 Å². The van der Waals surface area contributed by atoms with Gasteiger partial charge in [0.05, 0.1) is 18.2 Å². The van der Waals surface area contributed by atoms with Crippen LogP contribution in [0, 0.1) is 0 Å². The Kier molecular flexibility index (Phi) is 4.46. The van der Waals surface area contributed by atoms with Gasteiger partial charge >= 0.3 is 5.97 Å². The average Bonchev–Trinajstić information content (AvgIpc) is 2.53. The highest BCUT2D eigenvalue weighted by atomic mass is 16.5. The fourth-order valence-electron chi connectivity index (χ4n) is 2.16. The van der Waals surface area contributed by atoms with E-state index >= 15 is 0 Å². The van der Waals surface area contributed by atoms with Crippen LogP contribution >= 0.6 is 0 Å². The summed E-state index contributed by atoms with van der Waals surface area (Å²) in [6, 6.07) is 11.3. The lowest BCUT2D eigenvalue weighted by molar-refractivity contribution is 0.0692. The van der Waals surface area contributed by atoms with Crippen LogP contribution in [0.4, 0.5) is 5.69 Å². The van der Waals surface area contributed by atoms with Crippen molar-refractivity contribution in [1.29, 1.82) is 0 Å². The molecule has 0 amide bonds. The van der Waals surface area contributed by atoms with Crippen LogP contribution < -0.4 is 9.64 Å². The van der Waals surface area contributed by atoms with Gasteiger partial charge in [-0.3, -0.25) is 4.79 Å². The Labute approximate surface area is 128 Å².